The summed E-state index contributed by atoms with van der Waals surface area (Å²) >= 11 is 0. The summed E-state index contributed by atoms with van der Waals surface area (Å²) < 4.78 is 0. The van der Waals surface area contributed by atoms with Crippen molar-refractivity contribution in [2.24, 2.45) is 0 Å². The molecule has 1 aromatic heterocycles. The molecule has 6 heteroatoms. The Balaban J connectivity index is 1.52. The minimum atomic E-state index is -0.293. The predicted octanol–water partition coefficient (Wildman–Crippen LogP) is 2.03. The van der Waals surface area contributed by atoms with Crippen molar-refractivity contribution in [3.63, 3.8) is 0 Å². The largest absolute Gasteiger partial charge is 0.392 e. The number of rotatable bonds is 7. The second-order valence-electron chi connectivity index (χ2n) is 6.60. The maximum absolute atomic E-state index is 9.38. The maximum Gasteiger partial charge on any atom is 0.224 e. The van der Waals surface area contributed by atoms with Crippen LogP contribution < -0.4 is 15.5 Å². The van der Waals surface area contributed by atoms with Crippen LogP contribution in [0.25, 0.3) is 0 Å². The molecule has 1 aliphatic rings. The number of hydrogen-bond acceptors (Lipinski definition) is 6. The normalized spacial score (nSPS) is 16.6. The minimum absolute atomic E-state index is 0.293. The van der Waals surface area contributed by atoms with Crippen molar-refractivity contribution in [3.05, 3.63) is 48.2 Å². The first kappa shape index (κ1) is 17.6. The molecule has 1 unspecified atom stereocenters. The minimum Gasteiger partial charge on any atom is -0.392 e. The van der Waals surface area contributed by atoms with Crippen LogP contribution in [0.4, 0.5) is 11.8 Å². The highest BCUT2D eigenvalue weighted by Gasteiger charge is 2.20. The Morgan fingerprint density at radius 1 is 1.20 bits per heavy atom. The van der Waals surface area contributed by atoms with Gasteiger partial charge >= 0.3 is 0 Å². The van der Waals surface area contributed by atoms with Gasteiger partial charge < -0.3 is 20.6 Å². The summed E-state index contributed by atoms with van der Waals surface area (Å²) in [6.45, 7) is 5.12. The van der Waals surface area contributed by atoms with Crippen LogP contribution in [0.1, 0.15) is 25.3 Å². The van der Waals surface area contributed by atoms with Gasteiger partial charge in [-0.15, -0.1) is 0 Å². The van der Waals surface area contributed by atoms with Gasteiger partial charge in [-0.05, 0) is 31.4 Å². The van der Waals surface area contributed by atoms with E-state index in [1.807, 2.05) is 37.4 Å². The molecule has 1 aromatic carbocycles. The third kappa shape index (κ3) is 5.41. The Kier molecular flexibility index (Phi) is 6.19. The number of aromatic nitrogens is 2. The van der Waals surface area contributed by atoms with Gasteiger partial charge in [0.1, 0.15) is 5.82 Å². The number of benzene rings is 1. The molecule has 25 heavy (non-hydrogen) atoms. The van der Waals surface area contributed by atoms with E-state index in [9.17, 15) is 5.11 Å². The van der Waals surface area contributed by atoms with E-state index in [0.29, 0.717) is 18.5 Å². The van der Waals surface area contributed by atoms with Gasteiger partial charge in [-0.2, -0.15) is 4.98 Å². The van der Waals surface area contributed by atoms with Gasteiger partial charge in [0, 0.05) is 38.4 Å². The Labute approximate surface area is 149 Å². The molecule has 0 bridgehead atoms. The summed E-state index contributed by atoms with van der Waals surface area (Å²) in [6.07, 6.45) is 3.64. The van der Waals surface area contributed by atoms with Crippen molar-refractivity contribution in [1.29, 1.82) is 0 Å². The molecule has 1 aliphatic heterocycles. The number of piperidine rings is 1. The van der Waals surface area contributed by atoms with Crippen LogP contribution in [0.5, 0.6) is 0 Å². The van der Waals surface area contributed by atoms with Crippen LogP contribution in [-0.2, 0) is 6.54 Å². The molecule has 0 radical (unpaired) electrons. The molecule has 0 amide bonds. The molecule has 2 aromatic rings. The highest BCUT2D eigenvalue weighted by atomic mass is 16.3. The second-order valence-corrected chi connectivity index (χ2v) is 6.60. The Hall–Kier alpha value is -2.18. The number of anilines is 2. The van der Waals surface area contributed by atoms with Crippen LogP contribution in [0.15, 0.2) is 42.6 Å². The summed E-state index contributed by atoms with van der Waals surface area (Å²) in [5.41, 5.74) is 1.21. The topological polar surface area (TPSA) is 73.3 Å². The Morgan fingerprint density at radius 2 is 1.96 bits per heavy atom. The zero-order valence-electron chi connectivity index (χ0n) is 14.7. The SMILES string of the molecule is CC(O)CNC1CCN(c2ccnc(NCc3ccccc3)n2)CC1. The highest BCUT2D eigenvalue weighted by Crippen LogP contribution is 2.19. The van der Waals surface area contributed by atoms with Gasteiger partial charge in [0.15, 0.2) is 0 Å². The lowest BCUT2D eigenvalue weighted by atomic mass is 10.0. The maximum atomic E-state index is 9.38. The monoisotopic (exact) mass is 341 g/mol. The van der Waals surface area contributed by atoms with Gasteiger partial charge in [0.25, 0.3) is 0 Å². The average molecular weight is 341 g/mol. The van der Waals surface area contributed by atoms with Crippen molar-refractivity contribution in [1.82, 2.24) is 15.3 Å². The third-order valence-electron chi connectivity index (χ3n) is 4.46. The molecule has 0 aliphatic carbocycles. The molecule has 3 N–H and O–H groups in total. The number of nitrogens with zero attached hydrogens (tertiary/aromatic N) is 3. The fraction of sp³-hybridized carbons (Fsp3) is 0.474. The first-order valence-corrected chi connectivity index (χ1v) is 8.98. The first-order chi connectivity index (χ1) is 12.2. The molecular formula is C19H27N5O. The van der Waals surface area contributed by atoms with Crippen LogP contribution in [-0.4, -0.2) is 46.9 Å². The van der Waals surface area contributed by atoms with Gasteiger partial charge in [0.05, 0.1) is 6.10 Å². The van der Waals surface area contributed by atoms with Crippen LogP contribution in [0.3, 0.4) is 0 Å². The van der Waals surface area contributed by atoms with E-state index in [4.69, 9.17) is 0 Å². The predicted molar refractivity (Wildman–Crippen MR) is 101 cm³/mol. The van der Waals surface area contributed by atoms with Crippen molar-refractivity contribution >= 4 is 11.8 Å². The molecule has 0 spiro atoms. The van der Waals surface area contributed by atoms with E-state index in [0.717, 1.165) is 38.3 Å². The standard InChI is InChI=1S/C19H27N5O/c1-15(25)13-21-17-8-11-24(12-9-17)18-7-10-20-19(23-18)22-14-16-5-3-2-4-6-16/h2-7,10,15,17,21,25H,8-9,11-14H2,1H3,(H,20,22,23). The summed E-state index contributed by atoms with van der Waals surface area (Å²) in [5, 5.41) is 16.1. The molecule has 6 nitrogen and oxygen atoms in total. The molecular weight excluding hydrogens is 314 g/mol. The fourth-order valence-corrected chi connectivity index (χ4v) is 3.04. The zero-order chi connectivity index (χ0) is 17.5. The van der Waals surface area contributed by atoms with Gasteiger partial charge in [-0.3, -0.25) is 0 Å². The number of nitrogens with one attached hydrogen (secondary N) is 2. The molecule has 134 valence electrons. The first-order valence-electron chi connectivity index (χ1n) is 8.98. The lowest BCUT2D eigenvalue weighted by Gasteiger charge is -2.33. The van der Waals surface area contributed by atoms with E-state index < -0.39 is 0 Å². The molecule has 2 heterocycles. The number of hydrogen-bond donors (Lipinski definition) is 3. The van der Waals surface area contributed by atoms with Crippen molar-refractivity contribution in [2.75, 3.05) is 29.9 Å². The van der Waals surface area contributed by atoms with E-state index in [2.05, 4.69) is 37.6 Å². The molecule has 1 atom stereocenters. The summed E-state index contributed by atoms with van der Waals surface area (Å²) in [4.78, 5) is 11.3. The van der Waals surface area contributed by atoms with Gasteiger partial charge in [-0.1, -0.05) is 30.3 Å². The summed E-state index contributed by atoms with van der Waals surface area (Å²) in [7, 11) is 0. The van der Waals surface area contributed by atoms with Crippen LogP contribution in [0, 0.1) is 0 Å². The third-order valence-corrected chi connectivity index (χ3v) is 4.46. The molecule has 1 saturated heterocycles. The molecule has 3 rings (SSSR count). The molecule has 0 saturated carbocycles. The summed E-state index contributed by atoms with van der Waals surface area (Å²) in [5.74, 6) is 1.63. The highest BCUT2D eigenvalue weighted by molar-refractivity contribution is 5.43. The quantitative estimate of drug-likeness (QED) is 0.716. The lowest BCUT2D eigenvalue weighted by Crippen LogP contribution is -2.44. The van der Waals surface area contributed by atoms with Gasteiger partial charge in [-0.25, -0.2) is 4.98 Å². The number of aliphatic hydroxyl groups excluding tert-OH is 1. The van der Waals surface area contributed by atoms with Crippen molar-refractivity contribution in [3.8, 4) is 0 Å². The van der Waals surface area contributed by atoms with Crippen LogP contribution in [0.2, 0.25) is 0 Å². The fourth-order valence-electron chi connectivity index (χ4n) is 3.04. The van der Waals surface area contributed by atoms with E-state index >= 15 is 0 Å². The van der Waals surface area contributed by atoms with E-state index in [1.165, 1.54) is 5.56 Å². The number of aliphatic hydroxyl groups is 1. The average Bonchev–Trinajstić information content (AvgIpc) is 2.66. The van der Waals surface area contributed by atoms with Crippen molar-refractivity contribution < 1.29 is 5.11 Å². The van der Waals surface area contributed by atoms with E-state index in [-0.39, 0.29) is 6.10 Å². The van der Waals surface area contributed by atoms with Crippen LogP contribution >= 0.6 is 0 Å². The lowest BCUT2D eigenvalue weighted by molar-refractivity contribution is 0.183. The molecule has 1 fully saturated rings. The zero-order valence-corrected chi connectivity index (χ0v) is 14.7. The van der Waals surface area contributed by atoms with E-state index in [1.54, 1.807) is 0 Å². The van der Waals surface area contributed by atoms with Crippen molar-refractivity contribution in [2.45, 2.75) is 38.5 Å². The second kappa shape index (κ2) is 8.78. The Bertz CT molecular complexity index is 641. The summed E-state index contributed by atoms with van der Waals surface area (Å²) in [6, 6.07) is 12.7. The smallest absolute Gasteiger partial charge is 0.224 e. The Morgan fingerprint density at radius 3 is 2.68 bits per heavy atom. The van der Waals surface area contributed by atoms with Gasteiger partial charge in [0.2, 0.25) is 5.95 Å².